The average molecular weight is 324 g/mol. The maximum atomic E-state index is 12.1. The van der Waals surface area contributed by atoms with Crippen LogP contribution in [0.2, 0.25) is 0 Å². The molecule has 2 heterocycles. The van der Waals surface area contributed by atoms with Crippen LogP contribution in [-0.4, -0.2) is 30.0 Å². The number of benzene rings is 1. The Morgan fingerprint density at radius 3 is 3.00 bits per heavy atom. The van der Waals surface area contributed by atoms with Crippen molar-refractivity contribution in [3.05, 3.63) is 30.7 Å². The second-order valence-electron chi connectivity index (χ2n) is 4.10. The number of anilines is 1. The third kappa shape index (κ3) is 2.83. The van der Waals surface area contributed by atoms with Gasteiger partial charge in [0.25, 0.3) is 10.0 Å². The molecular weight excluding hydrogens is 312 g/mol. The Morgan fingerprint density at radius 1 is 1.43 bits per heavy atom. The van der Waals surface area contributed by atoms with Crippen molar-refractivity contribution >= 4 is 36.7 Å². The Hall–Kier alpha value is -2.13. The summed E-state index contributed by atoms with van der Waals surface area (Å²) in [6, 6.07) is 5.44. The molecule has 110 valence electrons. The second-order valence-corrected chi connectivity index (χ2v) is 6.78. The van der Waals surface area contributed by atoms with Crippen LogP contribution in [0.3, 0.4) is 0 Å². The average Bonchev–Trinajstić information content (AvgIpc) is 3.06. The van der Waals surface area contributed by atoms with Crippen LogP contribution < -0.4 is 9.46 Å². The third-order valence-electron chi connectivity index (χ3n) is 2.66. The Balaban J connectivity index is 1.91. The van der Waals surface area contributed by atoms with E-state index in [2.05, 4.69) is 19.7 Å². The van der Waals surface area contributed by atoms with Gasteiger partial charge in [0.05, 0.1) is 29.3 Å². The standard InChI is InChI=1S/C12H12N4O3S2/c1-2-19-8-3-4-9-10(5-8)20-12(15-9)16-21(17,18)11-6-13-7-14-11/h3-7H,2H2,1H3,(H,13,14)(H,15,16). The minimum absolute atomic E-state index is 0.00300. The fraction of sp³-hybridized carbons (Fsp3) is 0.167. The first-order chi connectivity index (χ1) is 10.1. The van der Waals surface area contributed by atoms with E-state index in [4.69, 9.17) is 4.74 Å². The lowest BCUT2D eigenvalue weighted by Crippen LogP contribution is -2.12. The number of rotatable bonds is 5. The molecule has 0 aliphatic heterocycles. The lowest BCUT2D eigenvalue weighted by Gasteiger charge is -2.00. The van der Waals surface area contributed by atoms with E-state index in [0.717, 1.165) is 10.4 Å². The number of nitrogens with one attached hydrogen (secondary N) is 2. The summed E-state index contributed by atoms with van der Waals surface area (Å²) in [4.78, 5) is 10.5. The van der Waals surface area contributed by atoms with Gasteiger partial charge in [0.15, 0.2) is 10.2 Å². The molecule has 2 N–H and O–H groups in total. The largest absolute Gasteiger partial charge is 0.494 e. The van der Waals surface area contributed by atoms with Gasteiger partial charge in [-0.15, -0.1) is 0 Å². The first-order valence-electron chi connectivity index (χ1n) is 6.13. The number of aromatic nitrogens is 3. The molecule has 0 fully saturated rings. The predicted octanol–water partition coefficient (Wildman–Crippen LogP) is 2.22. The van der Waals surface area contributed by atoms with Crippen molar-refractivity contribution in [2.45, 2.75) is 11.9 Å². The van der Waals surface area contributed by atoms with Crippen LogP contribution in [0.15, 0.2) is 35.7 Å². The summed E-state index contributed by atoms with van der Waals surface area (Å²) in [5.74, 6) is 0.733. The zero-order valence-electron chi connectivity index (χ0n) is 11.0. The first kappa shape index (κ1) is 13.8. The summed E-state index contributed by atoms with van der Waals surface area (Å²) in [6.45, 7) is 2.48. The summed E-state index contributed by atoms with van der Waals surface area (Å²) >= 11 is 1.25. The van der Waals surface area contributed by atoms with E-state index >= 15 is 0 Å². The number of imidazole rings is 1. The summed E-state index contributed by atoms with van der Waals surface area (Å²) in [7, 11) is -3.69. The minimum Gasteiger partial charge on any atom is -0.494 e. The lowest BCUT2D eigenvalue weighted by molar-refractivity contribution is 0.341. The van der Waals surface area contributed by atoms with Crippen molar-refractivity contribution in [1.29, 1.82) is 0 Å². The molecule has 21 heavy (non-hydrogen) atoms. The van der Waals surface area contributed by atoms with Crippen LogP contribution in [0.25, 0.3) is 10.2 Å². The fourth-order valence-electron chi connectivity index (χ4n) is 1.77. The van der Waals surface area contributed by atoms with Gasteiger partial charge in [0.2, 0.25) is 0 Å². The van der Waals surface area contributed by atoms with Crippen LogP contribution in [0.4, 0.5) is 5.13 Å². The van der Waals surface area contributed by atoms with E-state index in [1.54, 1.807) is 12.1 Å². The van der Waals surface area contributed by atoms with Gasteiger partial charge in [-0.2, -0.15) is 8.42 Å². The quantitative estimate of drug-likeness (QED) is 0.750. The van der Waals surface area contributed by atoms with Crippen LogP contribution in [0.1, 0.15) is 6.92 Å². The van der Waals surface area contributed by atoms with Crippen molar-refractivity contribution < 1.29 is 13.2 Å². The molecule has 0 aliphatic carbocycles. The Kier molecular flexibility index (Phi) is 3.52. The van der Waals surface area contributed by atoms with E-state index in [9.17, 15) is 8.42 Å². The molecule has 2 aromatic heterocycles. The van der Waals surface area contributed by atoms with Crippen LogP contribution in [-0.2, 0) is 10.0 Å². The van der Waals surface area contributed by atoms with Gasteiger partial charge in [-0.1, -0.05) is 11.3 Å². The van der Waals surface area contributed by atoms with Crippen LogP contribution in [0, 0.1) is 0 Å². The monoisotopic (exact) mass is 324 g/mol. The normalized spacial score (nSPS) is 11.7. The van der Waals surface area contributed by atoms with Gasteiger partial charge in [-0.05, 0) is 25.1 Å². The Labute approximate surface area is 125 Å². The van der Waals surface area contributed by atoms with Gasteiger partial charge < -0.3 is 9.72 Å². The molecule has 0 saturated heterocycles. The van der Waals surface area contributed by atoms with E-state index in [1.807, 2.05) is 13.0 Å². The zero-order valence-corrected chi connectivity index (χ0v) is 12.7. The predicted molar refractivity (Wildman–Crippen MR) is 80.2 cm³/mol. The topological polar surface area (TPSA) is 97.0 Å². The highest BCUT2D eigenvalue weighted by molar-refractivity contribution is 7.92. The lowest BCUT2D eigenvalue weighted by atomic mass is 10.3. The number of thiazole rings is 1. The highest BCUT2D eigenvalue weighted by atomic mass is 32.2. The molecule has 0 radical (unpaired) electrons. The zero-order chi connectivity index (χ0) is 14.9. The number of fused-ring (bicyclic) bond motifs is 1. The van der Waals surface area contributed by atoms with Crippen molar-refractivity contribution in [3.63, 3.8) is 0 Å². The highest BCUT2D eigenvalue weighted by Crippen LogP contribution is 2.30. The molecule has 1 aromatic carbocycles. The van der Waals surface area contributed by atoms with Gasteiger partial charge in [-0.3, -0.25) is 4.72 Å². The molecule has 9 heteroatoms. The number of aromatic amines is 1. The maximum absolute atomic E-state index is 12.1. The Morgan fingerprint density at radius 2 is 2.29 bits per heavy atom. The highest BCUT2D eigenvalue weighted by Gasteiger charge is 2.17. The van der Waals surface area contributed by atoms with Gasteiger partial charge >= 0.3 is 0 Å². The second kappa shape index (κ2) is 5.34. The number of ether oxygens (including phenoxy) is 1. The summed E-state index contributed by atoms with van der Waals surface area (Å²) < 4.78 is 32.8. The molecule has 3 rings (SSSR count). The summed E-state index contributed by atoms with van der Waals surface area (Å²) in [5.41, 5.74) is 0.714. The third-order valence-corrected chi connectivity index (χ3v) is 4.98. The van der Waals surface area contributed by atoms with Crippen molar-refractivity contribution in [2.75, 3.05) is 11.3 Å². The van der Waals surface area contributed by atoms with E-state index in [-0.39, 0.29) is 5.03 Å². The van der Waals surface area contributed by atoms with Crippen LogP contribution in [0.5, 0.6) is 5.75 Å². The SMILES string of the molecule is CCOc1ccc2nc(NS(=O)(=O)c3cnc[nH]3)sc2c1. The van der Waals surface area contributed by atoms with E-state index < -0.39 is 10.0 Å². The number of sulfonamides is 1. The maximum Gasteiger partial charge on any atom is 0.280 e. The van der Waals surface area contributed by atoms with Crippen molar-refractivity contribution in [1.82, 2.24) is 15.0 Å². The summed E-state index contributed by atoms with van der Waals surface area (Å²) in [5, 5.41) is 0.296. The number of nitrogens with zero attached hydrogens (tertiary/aromatic N) is 2. The van der Waals surface area contributed by atoms with Gasteiger partial charge in [0.1, 0.15) is 5.75 Å². The number of H-pyrrole nitrogens is 1. The number of hydrogen-bond acceptors (Lipinski definition) is 6. The Bertz CT molecular complexity index is 856. The fourth-order valence-corrected chi connectivity index (χ4v) is 3.80. The van der Waals surface area contributed by atoms with Crippen molar-refractivity contribution in [2.24, 2.45) is 0 Å². The number of hydrogen-bond donors (Lipinski definition) is 2. The molecule has 0 saturated carbocycles. The first-order valence-corrected chi connectivity index (χ1v) is 8.43. The van der Waals surface area contributed by atoms with Gasteiger partial charge in [0, 0.05) is 0 Å². The molecule has 0 unspecified atom stereocenters. The minimum atomic E-state index is -3.69. The van der Waals surface area contributed by atoms with E-state index in [1.165, 1.54) is 23.9 Å². The van der Waals surface area contributed by atoms with E-state index in [0.29, 0.717) is 17.3 Å². The molecule has 0 spiro atoms. The molecule has 7 nitrogen and oxygen atoms in total. The molecule has 3 aromatic rings. The van der Waals surface area contributed by atoms with Gasteiger partial charge in [-0.25, -0.2) is 9.97 Å². The van der Waals surface area contributed by atoms with Crippen molar-refractivity contribution in [3.8, 4) is 5.75 Å². The smallest absolute Gasteiger partial charge is 0.280 e. The molecular formula is C12H12N4O3S2. The van der Waals surface area contributed by atoms with Crippen LogP contribution >= 0.6 is 11.3 Å². The molecule has 0 bridgehead atoms. The molecule has 0 atom stereocenters. The molecule has 0 amide bonds. The summed E-state index contributed by atoms with van der Waals surface area (Å²) in [6.07, 6.45) is 2.55. The molecule has 0 aliphatic rings.